The lowest BCUT2D eigenvalue weighted by Crippen LogP contribution is -2.06. The van der Waals surface area contributed by atoms with E-state index in [0.29, 0.717) is 18.8 Å². The molecule has 0 rings (SSSR count). The Labute approximate surface area is 62.2 Å². The summed E-state index contributed by atoms with van der Waals surface area (Å²) in [5, 5.41) is 8.40. The van der Waals surface area contributed by atoms with E-state index in [1.165, 1.54) is 0 Å². The fraction of sp³-hybridized carbons (Fsp3) is 0.875. The van der Waals surface area contributed by atoms with Gasteiger partial charge in [0.1, 0.15) is 5.78 Å². The normalized spacial score (nSPS) is 13.1. The molecule has 1 atom stereocenters. The predicted octanol–water partition coefficient (Wildman–Crippen LogP) is 1.37. The Morgan fingerprint density at radius 1 is 1.60 bits per heavy atom. The van der Waals surface area contributed by atoms with Gasteiger partial charge in [-0.3, -0.25) is 4.79 Å². The van der Waals surface area contributed by atoms with E-state index in [9.17, 15) is 4.79 Å². The largest absolute Gasteiger partial charge is 0.396 e. The van der Waals surface area contributed by atoms with Crippen molar-refractivity contribution >= 4 is 5.78 Å². The Morgan fingerprint density at radius 2 is 2.20 bits per heavy atom. The highest BCUT2D eigenvalue weighted by atomic mass is 16.3. The maximum absolute atomic E-state index is 10.9. The summed E-state index contributed by atoms with van der Waals surface area (Å²) in [6, 6.07) is 0. The Hall–Kier alpha value is -0.370. The standard InChI is InChI=1S/C8H16O2/c1-3-7(2)6-8(10)4-5-9/h7,9H,3-6H2,1-2H3. The summed E-state index contributed by atoms with van der Waals surface area (Å²) < 4.78 is 0. The number of rotatable bonds is 5. The molecule has 60 valence electrons. The molecule has 0 aliphatic rings. The van der Waals surface area contributed by atoms with Gasteiger partial charge in [0, 0.05) is 19.4 Å². The van der Waals surface area contributed by atoms with Crippen molar-refractivity contribution in [3.63, 3.8) is 0 Å². The van der Waals surface area contributed by atoms with E-state index in [4.69, 9.17) is 5.11 Å². The van der Waals surface area contributed by atoms with Crippen LogP contribution in [0.15, 0.2) is 0 Å². The van der Waals surface area contributed by atoms with Crippen LogP contribution in [-0.4, -0.2) is 17.5 Å². The van der Waals surface area contributed by atoms with Crippen molar-refractivity contribution < 1.29 is 9.90 Å². The number of carbonyl (C=O) groups excluding carboxylic acids is 1. The van der Waals surface area contributed by atoms with E-state index in [2.05, 4.69) is 13.8 Å². The lowest BCUT2D eigenvalue weighted by atomic mass is 10.0. The van der Waals surface area contributed by atoms with Crippen LogP contribution in [0.3, 0.4) is 0 Å². The van der Waals surface area contributed by atoms with Crippen LogP contribution >= 0.6 is 0 Å². The summed E-state index contributed by atoms with van der Waals surface area (Å²) in [5.74, 6) is 0.649. The fourth-order valence-corrected chi connectivity index (χ4v) is 0.760. The van der Waals surface area contributed by atoms with Gasteiger partial charge < -0.3 is 5.11 Å². The van der Waals surface area contributed by atoms with Crippen LogP contribution in [-0.2, 0) is 4.79 Å². The van der Waals surface area contributed by atoms with Crippen molar-refractivity contribution in [3.05, 3.63) is 0 Å². The molecule has 1 unspecified atom stereocenters. The molecular weight excluding hydrogens is 128 g/mol. The first-order valence-electron chi connectivity index (χ1n) is 3.83. The first kappa shape index (κ1) is 9.63. The van der Waals surface area contributed by atoms with E-state index in [0.717, 1.165) is 6.42 Å². The summed E-state index contributed by atoms with van der Waals surface area (Å²) in [6.45, 7) is 4.11. The van der Waals surface area contributed by atoms with E-state index >= 15 is 0 Å². The number of carbonyl (C=O) groups is 1. The minimum atomic E-state index is -0.00469. The molecule has 0 aromatic heterocycles. The lowest BCUT2D eigenvalue weighted by molar-refractivity contribution is -0.120. The quantitative estimate of drug-likeness (QED) is 0.632. The van der Waals surface area contributed by atoms with Crippen LogP contribution in [0.5, 0.6) is 0 Å². The lowest BCUT2D eigenvalue weighted by Gasteiger charge is -2.04. The zero-order chi connectivity index (χ0) is 7.98. The number of hydrogen-bond donors (Lipinski definition) is 1. The van der Waals surface area contributed by atoms with Gasteiger partial charge in [0.05, 0.1) is 0 Å². The van der Waals surface area contributed by atoms with Crippen molar-refractivity contribution in [2.75, 3.05) is 6.61 Å². The number of aliphatic hydroxyl groups excluding tert-OH is 1. The molecule has 0 saturated carbocycles. The average molecular weight is 144 g/mol. The predicted molar refractivity (Wildman–Crippen MR) is 40.8 cm³/mol. The molecule has 0 fully saturated rings. The zero-order valence-corrected chi connectivity index (χ0v) is 6.76. The van der Waals surface area contributed by atoms with Crippen molar-refractivity contribution in [2.24, 2.45) is 5.92 Å². The summed E-state index contributed by atoms with van der Waals surface area (Å²) in [7, 11) is 0. The van der Waals surface area contributed by atoms with Crippen molar-refractivity contribution in [1.82, 2.24) is 0 Å². The fourth-order valence-electron chi connectivity index (χ4n) is 0.760. The minimum Gasteiger partial charge on any atom is -0.396 e. The minimum absolute atomic E-state index is 0.00469. The van der Waals surface area contributed by atoms with E-state index < -0.39 is 0 Å². The molecule has 0 bridgehead atoms. The average Bonchev–Trinajstić information content (AvgIpc) is 1.88. The third kappa shape index (κ3) is 4.50. The molecule has 0 aliphatic heterocycles. The Bertz CT molecular complexity index is 99.4. The summed E-state index contributed by atoms with van der Waals surface area (Å²) in [4.78, 5) is 10.9. The van der Waals surface area contributed by atoms with Crippen molar-refractivity contribution in [2.45, 2.75) is 33.1 Å². The van der Waals surface area contributed by atoms with Crippen LogP contribution in [0.25, 0.3) is 0 Å². The van der Waals surface area contributed by atoms with Gasteiger partial charge in [-0.2, -0.15) is 0 Å². The molecule has 10 heavy (non-hydrogen) atoms. The molecule has 0 heterocycles. The van der Waals surface area contributed by atoms with Gasteiger partial charge in [-0.1, -0.05) is 20.3 Å². The van der Waals surface area contributed by atoms with Crippen LogP contribution in [0.1, 0.15) is 33.1 Å². The van der Waals surface area contributed by atoms with Gasteiger partial charge in [0.15, 0.2) is 0 Å². The third-order valence-corrected chi connectivity index (χ3v) is 1.66. The molecule has 0 amide bonds. The SMILES string of the molecule is CCC(C)CC(=O)CCO. The smallest absolute Gasteiger partial charge is 0.135 e. The first-order chi connectivity index (χ1) is 4.70. The highest BCUT2D eigenvalue weighted by molar-refractivity contribution is 5.78. The molecule has 0 radical (unpaired) electrons. The molecule has 0 saturated heterocycles. The molecule has 0 aliphatic carbocycles. The van der Waals surface area contributed by atoms with Crippen molar-refractivity contribution in [1.29, 1.82) is 0 Å². The highest BCUT2D eigenvalue weighted by Crippen LogP contribution is 2.07. The maximum Gasteiger partial charge on any atom is 0.135 e. The summed E-state index contributed by atoms with van der Waals surface area (Å²) in [6.07, 6.45) is 1.98. The van der Waals surface area contributed by atoms with Gasteiger partial charge in [0.2, 0.25) is 0 Å². The highest BCUT2D eigenvalue weighted by Gasteiger charge is 2.05. The first-order valence-corrected chi connectivity index (χ1v) is 3.83. The Balaban J connectivity index is 3.37. The molecule has 0 aromatic rings. The third-order valence-electron chi connectivity index (χ3n) is 1.66. The van der Waals surface area contributed by atoms with E-state index in [1.54, 1.807) is 0 Å². The van der Waals surface area contributed by atoms with Gasteiger partial charge in [-0.15, -0.1) is 0 Å². The van der Waals surface area contributed by atoms with E-state index in [-0.39, 0.29) is 12.4 Å². The van der Waals surface area contributed by atoms with Crippen LogP contribution in [0.2, 0.25) is 0 Å². The molecular formula is C8H16O2. The van der Waals surface area contributed by atoms with Gasteiger partial charge in [-0.25, -0.2) is 0 Å². The summed E-state index contributed by atoms with van der Waals surface area (Å²) >= 11 is 0. The van der Waals surface area contributed by atoms with Crippen LogP contribution < -0.4 is 0 Å². The zero-order valence-electron chi connectivity index (χ0n) is 6.76. The number of Topliss-reactive ketones (excluding diaryl/α,β-unsaturated/α-hetero) is 1. The van der Waals surface area contributed by atoms with Crippen LogP contribution in [0, 0.1) is 5.92 Å². The summed E-state index contributed by atoms with van der Waals surface area (Å²) in [5.41, 5.74) is 0. The topological polar surface area (TPSA) is 37.3 Å². The molecule has 0 spiro atoms. The van der Waals surface area contributed by atoms with Gasteiger partial charge >= 0.3 is 0 Å². The molecule has 1 N–H and O–H groups in total. The Kier molecular flexibility index (Phi) is 5.22. The van der Waals surface area contributed by atoms with E-state index in [1.807, 2.05) is 0 Å². The molecule has 2 heteroatoms. The number of hydrogen-bond acceptors (Lipinski definition) is 2. The van der Waals surface area contributed by atoms with Crippen LogP contribution in [0.4, 0.5) is 0 Å². The van der Waals surface area contributed by atoms with Gasteiger partial charge in [0.25, 0.3) is 0 Å². The van der Waals surface area contributed by atoms with Gasteiger partial charge in [-0.05, 0) is 5.92 Å². The monoisotopic (exact) mass is 144 g/mol. The number of ketones is 1. The second kappa shape index (κ2) is 5.42. The molecule has 2 nitrogen and oxygen atoms in total. The second-order valence-electron chi connectivity index (χ2n) is 2.73. The Morgan fingerprint density at radius 3 is 2.60 bits per heavy atom. The number of aliphatic hydroxyl groups is 1. The van der Waals surface area contributed by atoms with Crippen molar-refractivity contribution in [3.8, 4) is 0 Å². The second-order valence-corrected chi connectivity index (χ2v) is 2.73. The maximum atomic E-state index is 10.9. The molecule has 0 aromatic carbocycles.